The van der Waals surface area contributed by atoms with Gasteiger partial charge in [-0.05, 0) is 31.9 Å². The third-order valence-electron chi connectivity index (χ3n) is 3.39. The zero-order valence-electron chi connectivity index (χ0n) is 10.5. The van der Waals surface area contributed by atoms with E-state index in [1.807, 2.05) is 12.1 Å². The fourth-order valence-electron chi connectivity index (χ4n) is 2.28. The molecule has 5 heteroatoms. The van der Waals surface area contributed by atoms with Gasteiger partial charge in [0.25, 0.3) is 0 Å². The number of carbonyl (C=O) groups is 1. The number of anilines is 1. The molecule has 1 aromatic rings. The smallest absolute Gasteiger partial charge is 0.222 e. The molecule has 0 aromatic carbocycles. The van der Waals surface area contributed by atoms with E-state index in [9.17, 15) is 9.90 Å². The number of pyridine rings is 1. The van der Waals surface area contributed by atoms with Gasteiger partial charge in [-0.3, -0.25) is 9.78 Å². The molecular formula is C13H19N3O2. The van der Waals surface area contributed by atoms with Gasteiger partial charge >= 0.3 is 0 Å². The first-order valence-electron chi connectivity index (χ1n) is 6.26. The maximum atomic E-state index is 11.2. The molecule has 1 saturated heterocycles. The highest BCUT2D eigenvalue weighted by Gasteiger charge is 2.24. The molecule has 1 unspecified atom stereocenters. The lowest BCUT2D eigenvalue weighted by Crippen LogP contribution is -2.41. The van der Waals surface area contributed by atoms with E-state index in [1.165, 1.54) is 0 Å². The number of nitrogens with two attached hydrogens (primary N) is 1. The van der Waals surface area contributed by atoms with Crippen LogP contribution in [0.1, 0.15) is 31.6 Å². The Morgan fingerprint density at radius 1 is 1.61 bits per heavy atom. The van der Waals surface area contributed by atoms with E-state index in [2.05, 4.69) is 9.88 Å². The topological polar surface area (TPSA) is 79.5 Å². The number of nitrogens with zero attached hydrogens (tertiary/aromatic N) is 2. The summed E-state index contributed by atoms with van der Waals surface area (Å²) in [6.07, 6.45) is 3.01. The summed E-state index contributed by atoms with van der Waals surface area (Å²) in [5, 5.41) is 9.40. The lowest BCUT2D eigenvalue weighted by atomic mass is 9.97. The van der Waals surface area contributed by atoms with E-state index >= 15 is 0 Å². The van der Waals surface area contributed by atoms with Crippen molar-refractivity contribution < 1.29 is 9.90 Å². The van der Waals surface area contributed by atoms with Gasteiger partial charge in [-0.2, -0.15) is 0 Å². The zero-order valence-corrected chi connectivity index (χ0v) is 10.5. The van der Waals surface area contributed by atoms with Gasteiger partial charge in [0.05, 0.1) is 29.6 Å². The van der Waals surface area contributed by atoms with E-state index in [4.69, 9.17) is 5.73 Å². The first-order chi connectivity index (χ1) is 8.58. The Hall–Kier alpha value is -1.62. The predicted octanol–water partition coefficient (Wildman–Crippen LogP) is 0.837. The molecule has 0 radical (unpaired) electrons. The maximum absolute atomic E-state index is 11.2. The average Bonchev–Trinajstić information content (AvgIpc) is 2.39. The number of aromatic nitrogens is 1. The second-order valence-electron chi connectivity index (χ2n) is 4.80. The van der Waals surface area contributed by atoms with Crippen LogP contribution in [0.3, 0.4) is 0 Å². The Morgan fingerprint density at radius 2 is 2.39 bits per heavy atom. The summed E-state index contributed by atoms with van der Waals surface area (Å²) in [6.45, 7) is 3.26. The quantitative estimate of drug-likeness (QED) is 0.831. The predicted molar refractivity (Wildman–Crippen MR) is 69.0 cm³/mol. The molecule has 98 valence electrons. The first kappa shape index (κ1) is 12.8. The van der Waals surface area contributed by atoms with Crippen molar-refractivity contribution in [3.8, 4) is 0 Å². The van der Waals surface area contributed by atoms with Gasteiger partial charge in [0.1, 0.15) is 0 Å². The Bertz CT molecular complexity index is 417. The van der Waals surface area contributed by atoms with Crippen LogP contribution in [0.4, 0.5) is 5.69 Å². The molecular weight excluding hydrogens is 230 g/mol. The minimum absolute atomic E-state index is 0.0739. The van der Waals surface area contributed by atoms with Crippen LogP contribution in [0.2, 0.25) is 0 Å². The summed E-state index contributed by atoms with van der Waals surface area (Å²) in [7, 11) is 0. The van der Waals surface area contributed by atoms with E-state index in [-0.39, 0.29) is 11.8 Å². The molecule has 0 aliphatic carbocycles. The number of aliphatic hydroxyl groups excluding tert-OH is 1. The normalized spacial score (nSPS) is 21.7. The van der Waals surface area contributed by atoms with Crippen molar-refractivity contribution in [1.29, 1.82) is 0 Å². The van der Waals surface area contributed by atoms with E-state index in [1.54, 1.807) is 13.1 Å². The summed E-state index contributed by atoms with van der Waals surface area (Å²) in [4.78, 5) is 17.6. The fraction of sp³-hybridized carbons (Fsp3) is 0.538. The van der Waals surface area contributed by atoms with Crippen molar-refractivity contribution in [2.75, 3.05) is 18.0 Å². The molecule has 3 N–H and O–H groups in total. The van der Waals surface area contributed by atoms with Gasteiger partial charge in [-0.15, -0.1) is 0 Å². The molecule has 0 saturated carbocycles. The van der Waals surface area contributed by atoms with E-state index in [0.717, 1.165) is 25.1 Å². The van der Waals surface area contributed by atoms with Crippen LogP contribution in [-0.2, 0) is 4.79 Å². The lowest BCUT2D eigenvalue weighted by molar-refractivity contribution is -0.122. The molecule has 1 aromatic heterocycles. The second kappa shape index (κ2) is 5.35. The molecule has 2 atom stereocenters. The summed E-state index contributed by atoms with van der Waals surface area (Å²) in [5.74, 6) is -0.302. The third kappa shape index (κ3) is 2.79. The van der Waals surface area contributed by atoms with Gasteiger partial charge in [0, 0.05) is 13.1 Å². The molecule has 2 heterocycles. The second-order valence-corrected chi connectivity index (χ2v) is 4.80. The van der Waals surface area contributed by atoms with Gasteiger partial charge in [-0.25, -0.2) is 0 Å². The molecule has 0 bridgehead atoms. The molecule has 1 aliphatic heterocycles. The SMILES string of the molecule is C[C@H](O)c1ccc(N2CCCC(C(N)=O)C2)cn1. The molecule has 1 fully saturated rings. The largest absolute Gasteiger partial charge is 0.387 e. The minimum Gasteiger partial charge on any atom is -0.387 e. The summed E-state index contributed by atoms with van der Waals surface area (Å²) in [5.41, 5.74) is 6.99. The number of rotatable bonds is 3. The van der Waals surface area contributed by atoms with Crippen LogP contribution in [0.5, 0.6) is 0 Å². The number of aliphatic hydroxyl groups is 1. The Kier molecular flexibility index (Phi) is 3.81. The molecule has 1 amide bonds. The number of hydrogen-bond donors (Lipinski definition) is 2. The highest BCUT2D eigenvalue weighted by atomic mass is 16.3. The lowest BCUT2D eigenvalue weighted by Gasteiger charge is -2.32. The van der Waals surface area contributed by atoms with Gasteiger partial charge in [0.2, 0.25) is 5.91 Å². The van der Waals surface area contributed by atoms with Crippen molar-refractivity contribution in [3.05, 3.63) is 24.0 Å². The fourth-order valence-corrected chi connectivity index (χ4v) is 2.28. The molecule has 1 aliphatic rings. The van der Waals surface area contributed by atoms with E-state index in [0.29, 0.717) is 12.2 Å². The van der Waals surface area contributed by atoms with Gasteiger partial charge in [-0.1, -0.05) is 0 Å². The number of primary amides is 1. The van der Waals surface area contributed by atoms with Crippen LogP contribution >= 0.6 is 0 Å². The van der Waals surface area contributed by atoms with Crippen molar-refractivity contribution in [2.45, 2.75) is 25.9 Å². The van der Waals surface area contributed by atoms with Crippen LogP contribution in [0, 0.1) is 5.92 Å². The number of hydrogen-bond acceptors (Lipinski definition) is 4. The van der Waals surface area contributed by atoms with Crippen molar-refractivity contribution >= 4 is 11.6 Å². The summed E-state index contributed by atoms with van der Waals surface area (Å²) in [6, 6.07) is 3.74. The van der Waals surface area contributed by atoms with Crippen LogP contribution < -0.4 is 10.6 Å². The van der Waals surface area contributed by atoms with E-state index < -0.39 is 6.10 Å². The number of piperidine rings is 1. The molecule has 2 rings (SSSR count). The highest BCUT2D eigenvalue weighted by molar-refractivity contribution is 5.77. The first-order valence-corrected chi connectivity index (χ1v) is 6.26. The molecule has 0 spiro atoms. The minimum atomic E-state index is -0.557. The van der Waals surface area contributed by atoms with Crippen LogP contribution in [0.25, 0.3) is 0 Å². The third-order valence-corrected chi connectivity index (χ3v) is 3.39. The maximum Gasteiger partial charge on any atom is 0.222 e. The van der Waals surface area contributed by atoms with Crippen LogP contribution in [-0.4, -0.2) is 29.1 Å². The molecule has 18 heavy (non-hydrogen) atoms. The van der Waals surface area contributed by atoms with Gasteiger partial charge < -0.3 is 15.7 Å². The average molecular weight is 249 g/mol. The van der Waals surface area contributed by atoms with Crippen LogP contribution in [0.15, 0.2) is 18.3 Å². The highest BCUT2D eigenvalue weighted by Crippen LogP contribution is 2.23. The number of carbonyl (C=O) groups excluding carboxylic acids is 1. The molecule has 5 nitrogen and oxygen atoms in total. The summed E-state index contributed by atoms with van der Waals surface area (Å²) < 4.78 is 0. The Balaban J connectivity index is 2.09. The Morgan fingerprint density at radius 3 is 2.94 bits per heavy atom. The van der Waals surface area contributed by atoms with Crippen molar-refractivity contribution in [2.24, 2.45) is 11.7 Å². The number of amides is 1. The zero-order chi connectivity index (χ0) is 13.1. The summed E-state index contributed by atoms with van der Waals surface area (Å²) >= 11 is 0. The van der Waals surface area contributed by atoms with Crippen molar-refractivity contribution in [3.63, 3.8) is 0 Å². The monoisotopic (exact) mass is 249 g/mol. The Labute approximate surface area is 107 Å². The standard InChI is InChI=1S/C13H19N3O2/c1-9(17)12-5-4-11(7-15-12)16-6-2-3-10(8-16)13(14)18/h4-5,7,9-10,17H,2-3,6,8H2,1H3,(H2,14,18)/t9-,10?/m0/s1. The van der Waals surface area contributed by atoms with Crippen molar-refractivity contribution in [1.82, 2.24) is 4.98 Å². The van der Waals surface area contributed by atoms with Gasteiger partial charge in [0.15, 0.2) is 0 Å².